The predicted molar refractivity (Wildman–Crippen MR) is 105 cm³/mol. The lowest BCUT2D eigenvalue weighted by molar-refractivity contribution is -0.190. The summed E-state index contributed by atoms with van der Waals surface area (Å²) >= 11 is 0. The molecule has 2 unspecified atom stereocenters. The van der Waals surface area contributed by atoms with Crippen LogP contribution in [0.2, 0.25) is 0 Å². The molecule has 2 aromatic heterocycles. The second kappa shape index (κ2) is 6.41. The molecule has 2 atom stereocenters. The van der Waals surface area contributed by atoms with Gasteiger partial charge in [-0.3, -0.25) is 9.59 Å². The van der Waals surface area contributed by atoms with Gasteiger partial charge in [0.2, 0.25) is 0 Å². The molecule has 0 radical (unpaired) electrons. The number of fused-ring (bicyclic) bond motifs is 3. The van der Waals surface area contributed by atoms with Crippen molar-refractivity contribution in [3.8, 4) is 0 Å². The van der Waals surface area contributed by atoms with Gasteiger partial charge in [0.15, 0.2) is 0 Å². The molecule has 2 heterocycles. The van der Waals surface area contributed by atoms with Gasteiger partial charge < -0.3 is 20.1 Å². The highest BCUT2D eigenvalue weighted by molar-refractivity contribution is 6.03. The number of aromatic nitrogens is 3. The number of rotatable bonds is 5. The van der Waals surface area contributed by atoms with Gasteiger partial charge in [0.05, 0.1) is 23.2 Å². The van der Waals surface area contributed by atoms with E-state index in [9.17, 15) is 19.5 Å². The zero-order chi connectivity index (χ0) is 21.0. The number of aliphatic carboxylic acids is 1. The molecule has 4 rings (SSSR count). The van der Waals surface area contributed by atoms with Gasteiger partial charge >= 0.3 is 5.97 Å². The van der Waals surface area contributed by atoms with Crippen LogP contribution in [0.5, 0.6) is 0 Å². The molecule has 9 heteroatoms. The lowest BCUT2D eigenvalue weighted by atomic mass is 9.54. The van der Waals surface area contributed by atoms with Gasteiger partial charge in [-0.2, -0.15) is 5.10 Å². The van der Waals surface area contributed by atoms with E-state index in [-0.39, 0.29) is 29.3 Å². The van der Waals surface area contributed by atoms with Crippen LogP contribution < -0.4 is 10.9 Å². The Bertz CT molecular complexity index is 1190. The van der Waals surface area contributed by atoms with Crippen molar-refractivity contribution < 1.29 is 19.4 Å². The summed E-state index contributed by atoms with van der Waals surface area (Å²) in [6.07, 6.45) is 1.21. The predicted octanol–water partition coefficient (Wildman–Crippen LogP) is 1.56. The third-order valence-electron chi connectivity index (χ3n) is 6.08. The fourth-order valence-electron chi connectivity index (χ4n) is 4.14. The molecule has 0 saturated heterocycles. The first-order valence-electron chi connectivity index (χ1n) is 9.39. The molecule has 0 bridgehead atoms. The van der Waals surface area contributed by atoms with Gasteiger partial charge in [-0.05, 0) is 19.1 Å². The third kappa shape index (κ3) is 2.57. The number of carbonyl (C=O) groups is 2. The average Bonchev–Trinajstić information content (AvgIpc) is 3.11. The minimum absolute atomic E-state index is 0.101. The van der Waals surface area contributed by atoms with E-state index in [1.54, 1.807) is 38.1 Å². The second-order valence-corrected chi connectivity index (χ2v) is 7.82. The van der Waals surface area contributed by atoms with Gasteiger partial charge in [-0.25, -0.2) is 9.31 Å². The Hall–Kier alpha value is -3.20. The molecule has 3 N–H and O–H groups in total. The van der Waals surface area contributed by atoms with Crippen LogP contribution in [0.4, 0.5) is 0 Å². The van der Waals surface area contributed by atoms with E-state index in [2.05, 4.69) is 15.4 Å². The number of nitrogens with zero attached hydrogens (tertiary/aromatic N) is 2. The molecular weight excluding hydrogens is 376 g/mol. The van der Waals surface area contributed by atoms with Crippen LogP contribution in [0.25, 0.3) is 16.6 Å². The zero-order valence-corrected chi connectivity index (χ0v) is 16.4. The maximum Gasteiger partial charge on any atom is 0.330 e. The van der Waals surface area contributed by atoms with Gasteiger partial charge in [-0.15, -0.1) is 0 Å². The Morgan fingerprint density at radius 2 is 2.10 bits per heavy atom. The molecule has 1 fully saturated rings. The van der Waals surface area contributed by atoms with E-state index >= 15 is 0 Å². The van der Waals surface area contributed by atoms with Gasteiger partial charge in [0, 0.05) is 18.4 Å². The Morgan fingerprint density at radius 3 is 2.76 bits per heavy atom. The SMILES string of the molecule is CCOC1CC(NC(=O)c2cnn3c2[nH]c(=O)c2ccccc23)(C(=O)O)C1(C)C. The van der Waals surface area contributed by atoms with Crippen molar-refractivity contribution in [2.24, 2.45) is 5.41 Å². The van der Waals surface area contributed by atoms with Crippen LogP contribution in [-0.4, -0.2) is 49.8 Å². The van der Waals surface area contributed by atoms with E-state index in [1.807, 2.05) is 6.92 Å². The number of hydrogen-bond acceptors (Lipinski definition) is 5. The largest absolute Gasteiger partial charge is 0.479 e. The molecule has 152 valence electrons. The summed E-state index contributed by atoms with van der Waals surface area (Å²) in [4.78, 5) is 40.2. The first-order valence-corrected chi connectivity index (χ1v) is 9.39. The minimum atomic E-state index is -1.48. The van der Waals surface area contributed by atoms with Crippen LogP contribution in [0.1, 0.15) is 37.6 Å². The third-order valence-corrected chi connectivity index (χ3v) is 6.08. The molecule has 0 spiro atoms. The summed E-state index contributed by atoms with van der Waals surface area (Å²) in [6, 6.07) is 6.91. The molecule has 9 nitrogen and oxygen atoms in total. The average molecular weight is 398 g/mol. The van der Waals surface area contributed by atoms with E-state index < -0.39 is 22.8 Å². The van der Waals surface area contributed by atoms with E-state index in [1.165, 1.54) is 10.7 Å². The quantitative estimate of drug-likeness (QED) is 0.599. The van der Waals surface area contributed by atoms with E-state index in [0.29, 0.717) is 17.5 Å². The summed E-state index contributed by atoms with van der Waals surface area (Å²) in [5, 5.41) is 17.2. The first-order chi connectivity index (χ1) is 13.7. The Labute approximate surface area is 165 Å². The highest BCUT2D eigenvalue weighted by Crippen LogP contribution is 2.51. The molecule has 1 saturated carbocycles. The van der Waals surface area contributed by atoms with Crippen LogP contribution in [0, 0.1) is 5.41 Å². The molecule has 1 aliphatic rings. The summed E-state index contributed by atoms with van der Waals surface area (Å²) in [5.41, 5.74) is -1.77. The van der Waals surface area contributed by atoms with Crippen molar-refractivity contribution in [2.75, 3.05) is 6.61 Å². The van der Waals surface area contributed by atoms with Gasteiger partial charge in [0.25, 0.3) is 11.5 Å². The van der Waals surface area contributed by atoms with Crippen molar-refractivity contribution in [3.05, 3.63) is 46.4 Å². The number of nitrogens with one attached hydrogen (secondary N) is 2. The first kappa shape index (κ1) is 19.1. The van der Waals surface area contributed by atoms with Crippen LogP contribution >= 0.6 is 0 Å². The number of aromatic amines is 1. The summed E-state index contributed by atoms with van der Waals surface area (Å²) in [7, 11) is 0. The number of para-hydroxylation sites is 1. The smallest absolute Gasteiger partial charge is 0.330 e. The highest BCUT2D eigenvalue weighted by Gasteiger charge is 2.66. The van der Waals surface area contributed by atoms with Gasteiger partial charge in [-0.1, -0.05) is 26.0 Å². The molecule has 1 aromatic carbocycles. The molecule has 1 amide bonds. The number of carboxylic acid groups (broad SMARTS) is 1. The number of ether oxygens (including phenoxy) is 1. The number of carboxylic acids is 1. The fraction of sp³-hybridized carbons (Fsp3) is 0.400. The monoisotopic (exact) mass is 398 g/mol. The fourth-order valence-corrected chi connectivity index (χ4v) is 4.14. The zero-order valence-electron chi connectivity index (χ0n) is 16.4. The standard InChI is InChI=1S/C20H22N4O5/c1-4-29-14-9-20(18(27)28,19(14,2)3)23-17(26)12-10-21-24-13-8-6-5-7-11(13)16(25)22-15(12)24/h5-8,10,14H,4,9H2,1-3H3,(H,22,25)(H,23,26)(H,27,28). The Morgan fingerprint density at radius 1 is 1.38 bits per heavy atom. The van der Waals surface area contributed by atoms with E-state index in [4.69, 9.17) is 4.74 Å². The van der Waals surface area contributed by atoms with Crippen molar-refractivity contribution in [3.63, 3.8) is 0 Å². The van der Waals surface area contributed by atoms with Crippen LogP contribution in [0.15, 0.2) is 35.3 Å². The molecular formula is C20H22N4O5. The van der Waals surface area contributed by atoms with Crippen molar-refractivity contribution in [1.82, 2.24) is 19.9 Å². The number of H-pyrrole nitrogens is 1. The van der Waals surface area contributed by atoms with Crippen molar-refractivity contribution in [1.29, 1.82) is 0 Å². The normalized spacial score (nSPS) is 23.1. The van der Waals surface area contributed by atoms with Crippen LogP contribution in [-0.2, 0) is 9.53 Å². The molecule has 1 aliphatic carbocycles. The lowest BCUT2D eigenvalue weighted by Gasteiger charge is -2.58. The number of hydrogen-bond donors (Lipinski definition) is 3. The van der Waals surface area contributed by atoms with Gasteiger partial charge in [0.1, 0.15) is 16.7 Å². The lowest BCUT2D eigenvalue weighted by Crippen LogP contribution is -2.76. The van der Waals surface area contributed by atoms with Crippen LogP contribution in [0.3, 0.4) is 0 Å². The number of amides is 1. The topological polar surface area (TPSA) is 126 Å². The number of carbonyl (C=O) groups excluding carboxylic acids is 1. The summed E-state index contributed by atoms with van der Waals surface area (Å²) in [6.45, 7) is 5.82. The second-order valence-electron chi connectivity index (χ2n) is 7.82. The molecule has 3 aromatic rings. The Balaban J connectivity index is 1.75. The summed E-state index contributed by atoms with van der Waals surface area (Å²) in [5.74, 6) is -1.74. The van der Waals surface area contributed by atoms with E-state index in [0.717, 1.165) is 0 Å². The molecule has 29 heavy (non-hydrogen) atoms. The number of benzene rings is 1. The minimum Gasteiger partial charge on any atom is -0.479 e. The van der Waals surface area contributed by atoms with Crippen molar-refractivity contribution >= 4 is 28.4 Å². The van der Waals surface area contributed by atoms with Crippen molar-refractivity contribution in [2.45, 2.75) is 38.8 Å². The Kier molecular flexibility index (Phi) is 4.23. The highest BCUT2D eigenvalue weighted by atomic mass is 16.5. The summed E-state index contributed by atoms with van der Waals surface area (Å²) < 4.78 is 7.09. The maximum absolute atomic E-state index is 13.0. The molecule has 0 aliphatic heterocycles. The maximum atomic E-state index is 13.0.